The smallest absolute Gasteiger partial charge is 0.263 e. The first-order valence-corrected chi connectivity index (χ1v) is 11.9. The van der Waals surface area contributed by atoms with E-state index in [2.05, 4.69) is 25.2 Å². The van der Waals surface area contributed by atoms with Crippen molar-refractivity contribution in [2.75, 3.05) is 10.0 Å². The van der Waals surface area contributed by atoms with E-state index < -0.39 is 10.0 Å². The Morgan fingerprint density at radius 3 is 2.52 bits per heavy atom. The van der Waals surface area contributed by atoms with Crippen LogP contribution in [-0.2, 0) is 14.8 Å². The molecule has 1 aromatic carbocycles. The average Bonchev–Trinajstić information content (AvgIpc) is 3.11. The average molecular weight is 450 g/mol. The number of carbonyl (C=O) groups is 1. The number of aromatic nitrogens is 3. The van der Waals surface area contributed by atoms with Crippen molar-refractivity contribution in [3.8, 4) is 0 Å². The standard InChI is InChI=1S/C18H19N5O3S3/c1-3-15(28-16-6-4-5-11-19-16)17(24)20-13-7-9-14(10-8-13)29(25,26)23-18-22-21-12(2)27-18/h4-11,15H,3H2,1-2H3,(H,20,24)(H,22,23). The van der Waals surface area contributed by atoms with E-state index in [0.29, 0.717) is 17.1 Å². The molecule has 3 aromatic rings. The summed E-state index contributed by atoms with van der Waals surface area (Å²) in [5.74, 6) is -0.166. The van der Waals surface area contributed by atoms with E-state index in [-0.39, 0.29) is 21.2 Å². The zero-order valence-corrected chi connectivity index (χ0v) is 18.1. The van der Waals surface area contributed by atoms with Crippen LogP contribution in [-0.4, -0.2) is 34.8 Å². The highest BCUT2D eigenvalue weighted by atomic mass is 32.2. The highest BCUT2D eigenvalue weighted by Gasteiger charge is 2.20. The second kappa shape index (κ2) is 9.33. The van der Waals surface area contributed by atoms with Gasteiger partial charge in [-0.05, 0) is 49.7 Å². The van der Waals surface area contributed by atoms with Crippen LogP contribution in [0.5, 0.6) is 0 Å². The summed E-state index contributed by atoms with van der Waals surface area (Å²) in [6.45, 7) is 3.67. The molecule has 2 N–H and O–H groups in total. The van der Waals surface area contributed by atoms with Crippen LogP contribution < -0.4 is 10.0 Å². The van der Waals surface area contributed by atoms with Crippen LogP contribution in [0, 0.1) is 6.92 Å². The predicted octanol–water partition coefficient (Wildman–Crippen LogP) is 3.55. The third-order valence-electron chi connectivity index (χ3n) is 3.74. The second-order valence-electron chi connectivity index (χ2n) is 5.93. The van der Waals surface area contributed by atoms with E-state index in [0.717, 1.165) is 16.4 Å². The van der Waals surface area contributed by atoms with Crippen LogP contribution >= 0.6 is 23.1 Å². The molecule has 152 valence electrons. The molecule has 1 amide bonds. The maximum Gasteiger partial charge on any atom is 0.263 e. The van der Waals surface area contributed by atoms with Gasteiger partial charge in [0.15, 0.2) is 0 Å². The van der Waals surface area contributed by atoms with E-state index in [1.54, 1.807) is 25.3 Å². The lowest BCUT2D eigenvalue weighted by Crippen LogP contribution is -2.24. The van der Waals surface area contributed by atoms with Crippen LogP contribution in [0.3, 0.4) is 0 Å². The first-order valence-electron chi connectivity index (χ1n) is 8.69. The molecule has 0 aliphatic carbocycles. The maximum absolute atomic E-state index is 12.6. The summed E-state index contributed by atoms with van der Waals surface area (Å²) in [6.07, 6.45) is 2.31. The molecule has 0 spiro atoms. The Balaban J connectivity index is 1.65. The van der Waals surface area contributed by atoms with Crippen molar-refractivity contribution >= 4 is 49.8 Å². The van der Waals surface area contributed by atoms with E-state index in [1.807, 2.05) is 25.1 Å². The number of rotatable bonds is 8. The SMILES string of the molecule is CCC(Sc1ccccn1)C(=O)Nc1ccc(S(=O)(=O)Nc2nnc(C)s2)cc1. The molecule has 11 heteroatoms. The fourth-order valence-electron chi connectivity index (χ4n) is 2.34. The van der Waals surface area contributed by atoms with Crippen molar-refractivity contribution in [2.45, 2.75) is 35.4 Å². The van der Waals surface area contributed by atoms with Crippen LogP contribution in [0.15, 0.2) is 58.6 Å². The van der Waals surface area contributed by atoms with Gasteiger partial charge in [-0.3, -0.25) is 9.52 Å². The molecule has 8 nitrogen and oxygen atoms in total. The van der Waals surface area contributed by atoms with E-state index in [9.17, 15) is 13.2 Å². The van der Waals surface area contributed by atoms with Gasteiger partial charge in [-0.2, -0.15) is 0 Å². The molecule has 0 radical (unpaired) electrons. The van der Waals surface area contributed by atoms with E-state index >= 15 is 0 Å². The molecule has 1 atom stereocenters. The summed E-state index contributed by atoms with van der Waals surface area (Å²) in [5.41, 5.74) is 0.515. The van der Waals surface area contributed by atoms with Gasteiger partial charge in [-0.1, -0.05) is 36.1 Å². The zero-order valence-electron chi connectivity index (χ0n) is 15.7. The van der Waals surface area contributed by atoms with E-state index in [1.165, 1.54) is 23.9 Å². The number of nitrogens with zero attached hydrogens (tertiary/aromatic N) is 3. The number of anilines is 2. The molecule has 2 aromatic heterocycles. The third-order valence-corrected chi connectivity index (χ3v) is 7.30. The minimum atomic E-state index is -3.77. The Kier molecular flexibility index (Phi) is 6.83. The van der Waals surface area contributed by atoms with Crippen LogP contribution in [0.4, 0.5) is 10.8 Å². The Hall–Kier alpha value is -2.50. The van der Waals surface area contributed by atoms with Gasteiger partial charge >= 0.3 is 0 Å². The third kappa shape index (κ3) is 5.75. The normalized spacial score (nSPS) is 12.3. The molecule has 0 aliphatic rings. The fourth-order valence-corrected chi connectivity index (χ4v) is 5.06. The maximum atomic E-state index is 12.6. The van der Waals surface area contributed by atoms with Gasteiger partial charge in [0.05, 0.1) is 15.2 Å². The quantitative estimate of drug-likeness (QED) is 0.506. The molecule has 0 bridgehead atoms. The number of hydrogen-bond donors (Lipinski definition) is 2. The summed E-state index contributed by atoms with van der Waals surface area (Å²) in [7, 11) is -3.77. The zero-order chi connectivity index (χ0) is 20.9. The Morgan fingerprint density at radius 1 is 1.17 bits per heavy atom. The van der Waals surface area contributed by atoms with Gasteiger partial charge in [-0.25, -0.2) is 13.4 Å². The fraction of sp³-hybridized carbons (Fsp3) is 0.222. The second-order valence-corrected chi connectivity index (χ2v) is 10.0. The molecule has 0 fully saturated rings. The van der Waals surface area contributed by atoms with Crippen molar-refractivity contribution in [3.05, 3.63) is 53.7 Å². The van der Waals surface area contributed by atoms with Crippen molar-refractivity contribution < 1.29 is 13.2 Å². The molecule has 2 heterocycles. The molecule has 0 saturated heterocycles. The number of thioether (sulfide) groups is 1. The predicted molar refractivity (Wildman–Crippen MR) is 115 cm³/mol. The number of carbonyl (C=O) groups excluding carboxylic acids is 1. The summed E-state index contributed by atoms with van der Waals surface area (Å²) < 4.78 is 27.3. The molecule has 29 heavy (non-hydrogen) atoms. The largest absolute Gasteiger partial charge is 0.325 e. The lowest BCUT2D eigenvalue weighted by molar-refractivity contribution is -0.115. The summed E-state index contributed by atoms with van der Waals surface area (Å²) in [4.78, 5) is 16.9. The minimum Gasteiger partial charge on any atom is -0.325 e. The first kappa shape index (κ1) is 21.2. The monoisotopic (exact) mass is 449 g/mol. The number of pyridine rings is 1. The minimum absolute atomic E-state index is 0.0678. The molecule has 0 saturated carbocycles. The van der Waals surface area contributed by atoms with Gasteiger partial charge in [-0.15, -0.1) is 10.2 Å². The topological polar surface area (TPSA) is 114 Å². The highest BCUT2D eigenvalue weighted by molar-refractivity contribution is 8.00. The number of nitrogens with one attached hydrogen (secondary N) is 2. The molecule has 3 rings (SSSR count). The van der Waals surface area contributed by atoms with Crippen LogP contribution in [0.1, 0.15) is 18.4 Å². The first-order chi connectivity index (χ1) is 13.9. The Labute approximate surface area is 177 Å². The van der Waals surface area contributed by atoms with Crippen LogP contribution in [0.2, 0.25) is 0 Å². The highest BCUT2D eigenvalue weighted by Crippen LogP contribution is 2.25. The van der Waals surface area contributed by atoms with Crippen LogP contribution in [0.25, 0.3) is 0 Å². The molecular formula is C18H19N5O3S3. The number of amides is 1. The molecule has 0 aliphatic heterocycles. The van der Waals surface area contributed by atoms with Gasteiger partial charge < -0.3 is 5.32 Å². The molecular weight excluding hydrogens is 430 g/mol. The van der Waals surface area contributed by atoms with Gasteiger partial charge in [0.1, 0.15) is 5.01 Å². The van der Waals surface area contributed by atoms with Crippen molar-refractivity contribution in [1.82, 2.24) is 15.2 Å². The summed E-state index contributed by atoms with van der Waals surface area (Å²) in [6, 6.07) is 11.5. The van der Waals surface area contributed by atoms with Gasteiger partial charge in [0.2, 0.25) is 11.0 Å². The van der Waals surface area contributed by atoms with E-state index in [4.69, 9.17) is 0 Å². The summed E-state index contributed by atoms with van der Waals surface area (Å²) >= 11 is 2.54. The van der Waals surface area contributed by atoms with Crippen molar-refractivity contribution in [1.29, 1.82) is 0 Å². The van der Waals surface area contributed by atoms with Crippen molar-refractivity contribution in [2.24, 2.45) is 0 Å². The van der Waals surface area contributed by atoms with Gasteiger partial charge in [0.25, 0.3) is 10.0 Å². The lowest BCUT2D eigenvalue weighted by atomic mass is 10.3. The number of hydrogen-bond acceptors (Lipinski definition) is 8. The summed E-state index contributed by atoms with van der Waals surface area (Å²) in [5, 5.41) is 11.7. The number of sulfonamides is 1. The Bertz CT molecular complexity index is 1070. The molecule has 1 unspecified atom stereocenters. The number of aryl methyl sites for hydroxylation is 1. The van der Waals surface area contributed by atoms with Crippen molar-refractivity contribution in [3.63, 3.8) is 0 Å². The Morgan fingerprint density at radius 2 is 1.93 bits per heavy atom. The van der Waals surface area contributed by atoms with Gasteiger partial charge in [0, 0.05) is 11.9 Å². The lowest BCUT2D eigenvalue weighted by Gasteiger charge is -2.14. The number of benzene rings is 1.